The number of carbonyl (C=O) groups is 1. The molecule has 0 unspecified atom stereocenters. The second kappa shape index (κ2) is 4.00. The minimum atomic E-state index is -0.833. The monoisotopic (exact) mass is 92.0 g/mol. The Hall–Kier alpha value is 0.00247. The molecule has 0 aliphatic rings. The number of hydrogen-bond acceptors (Lipinski definition) is 1. The molecule has 30 valence electrons. The number of carboxylic acids is 1. The maximum absolute atomic E-state index is 9.00. The van der Waals surface area contributed by atoms with Crippen molar-refractivity contribution in [1.82, 2.24) is 0 Å². The minimum absolute atomic E-state index is 0. The highest BCUT2D eigenvalue weighted by Gasteiger charge is 1.65. The zero-order valence-electron chi connectivity index (χ0n) is 4.36. The molecule has 0 saturated heterocycles. The van der Waals surface area contributed by atoms with Gasteiger partial charge in [0, 0.05) is 6.92 Å². The van der Waals surface area contributed by atoms with E-state index in [4.69, 9.17) is 9.90 Å². The fraction of sp³-hybridized carbons (Fsp3) is 0.500. The average molecular weight is 92.1 g/mol. The summed E-state index contributed by atoms with van der Waals surface area (Å²) in [4.78, 5) is 9.00. The van der Waals surface area contributed by atoms with E-state index in [1.165, 1.54) is 0 Å². The van der Waals surface area contributed by atoms with Gasteiger partial charge < -0.3 is 5.11 Å². The summed E-state index contributed by atoms with van der Waals surface area (Å²) in [5, 5.41) is 7.42. The van der Waals surface area contributed by atoms with Crippen molar-refractivity contribution in [3.8, 4) is 0 Å². The van der Waals surface area contributed by atoms with Gasteiger partial charge in [0.1, 0.15) is 0 Å². The largest absolute Gasteiger partial charge is 1.00 e. The van der Waals surface area contributed by atoms with Gasteiger partial charge in [-0.25, -0.2) is 0 Å². The van der Waals surface area contributed by atoms with Gasteiger partial charge in [0.2, 0.25) is 0 Å². The highest BCUT2D eigenvalue weighted by atomic mass is 27.0. The fourth-order valence-corrected chi connectivity index (χ4v) is 0. The number of rotatable bonds is 0. The van der Waals surface area contributed by atoms with Crippen LogP contribution in [0.3, 0.4) is 0 Å². The predicted octanol–water partition coefficient (Wildman–Crippen LogP) is -0.868. The smallest absolute Gasteiger partial charge is 0.481 e. The van der Waals surface area contributed by atoms with Crippen LogP contribution in [0.25, 0.3) is 0 Å². The van der Waals surface area contributed by atoms with Crippen LogP contribution >= 0.6 is 0 Å². The van der Waals surface area contributed by atoms with E-state index in [9.17, 15) is 0 Å². The lowest BCUT2D eigenvalue weighted by atomic mass is 10.9. The maximum Gasteiger partial charge on any atom is 1.00 e. The van der Waals surface area contributed by atoms with Crippen molar-refractivity contribution in [1.29, 1.82) is 0 Å². The molecule has 0 aromatic rings. The van der Waals surface area contributed by atoms with E-state index in [0.717, 1.165) is 6.92 Å². The van der Waals surface area contributed by atoms with Crippen molar-refractivity contribution in [2.75, 3.05) is 0 Å². The SMILES string of the molecule is CC(=O)O.[AlH3].[H+].[H+]. The Morgan fingerprint density at radius 1 is 2.00 bits per heavy atom. The first-order chi connectivity index (χ1) is 1.73. The second-order valence-corrected chi connectivity index (χ2v) is 0.519. The lowest BCUT2D eigenvalue weighted by molar-refractivity contribution is -0.134. The third kappa shape index (κ3) is 2640000. The molecule has 2 nitrogen and oxygen atoms in total. The van der Waals surface area contributed by atoms with Crippen LogP contribution in [0.15, 0.2) is 0 Å². The molecule has 0 bridgehead atoms. The van der Waals surface area contributed by atoms with Crippen LogP contribution in [0.4, 0.5) is 0 Å². The molecule has 0 aliphatic carbocycles. The Balaban J connectivity index is -0.0000000150. The molecule has 0 radical (unpaired) electrons. The van der Waals surface area contributed by atoms with Crippen LogP contribution in [0.1, 0.15) is 9.78 Å². The van der Waals surface area contributed by atoms with E-state index in [-0.39, 0.29) is 20.2 Å². The summed E-state index contributed by atoms with van der Waals surface area (Å²) in [6.07, 6.45) is 0. The molecule has 0 aromatic carbocycles. The van der Waals surface area contributed by atoms with Gasteiger partial charge in [-0.1, -0.05) is 0 Å². The number of carboxylic acid groups (broad SMARTS) is 1. The van der Waals surface area contributed by atoms with Crippen molar-refractivity contribution >= 4 is 23.3 Å². The molecule has 0 aromatic heterocycles. The van der Waals surface area contributed by atoms with Crippen molar-refractivity contribution in [2.45, 2.75) is 6.92 Å². The molecule has 0 rings (SSSR count). The Kier molecular flexibility index (Phi) is 7.12. The van der Waals surface area contributed by atoms with E-state index >= 15 is 0 Å². The molecule has 0 aliphatic heterocycles. The van der Waals surface area contributed by atoms with Crippen molar-refractivity contribution in [3.63, 3.8) is 0 Å². The molecular formula is C2H9AlO2+2. The maximum atomic E-state index is 9.00. The molecule has 0 heterocycles. The first-order valence-electron chi connectivity index (χ1n) is 0.928. The summed E-state index contributed by atoms with van der Waals surface area (Å²) in [5.74, 6) is -0.833. The first kappa shape index (κ1) is 8.89. The summed E-state index contributed by atoms with van der Waals surface area (Å²) in [6.45, 7) is 1.08. The van der Waals surface area contributed by atoms with Gasteiger partial charge in [-0.3, -0.25) is 4.79 Å². The Morgan fingerprint density at radius 3 is 2.00 bits per heavy atom. The van der Waals surface area contributed by atoms with Crippen LogP contribution in [-0.4, -0.2) is 28.4 Å². The van der Waals surface area contributed by atoms with Gasteiger partial charge in [0.05, 0.1) is 0 Å². The molecule has 0 spiro atoms. The van der Waals surface area contributed by atoms with E-state index < -0.39 is 5.97 Å². The summed E-state index contributed by atoms with van der Waals surface area (Å²) >= 11 is 0. The first-order valence-corrected chi connectivity index (χ1v) is 0.928. The molecule has 0 fully saturated rings. The zero-order valence-corrected chi connectivity index (χ0v) is 2.36. The quantitative estimate of drug-likeness (QED) is 0.394. The fourth-order valence-electron chi connectivity index (χ4n) is 0. The van der Waals surface area contributed by atoms with E-state index in [2.05, 4.69) is 0 Å². The van der Waals surface area contributed by atoms with Crippen molar-refractivity contribution in [3.05, 3.63) is 0 Å². The molecule has 5 heavy (non-hydrogen) atoms. The lowest BCUT2D eigenvalue weighted by Crippen LogP contribution is -1.78. The standard InChI is InChI=1S/C2H4O2.Al.3H/c1-2(3)4;;;;/h1H3,(H,3,4);;;;/p+2. The van der Waals surface area contributed by atoms with E-state index in [0.29, 0.717) is 0 Å². The zero-order chi connectivity index (χ0) is 3.58. The summed E-state index contributed by atoms with van der Waals surface area (Å²) in [5.41, 5.74) is 0. The Bertz CT molecular complexity index is 36.7. The summed E-state index contributed by atoms with van der Waals surface area (Å²) in [6, 6.07) is 0. The third-order valence-electron chi connectivity index (χ3n) is 0. The molecule has 1 N–H and O–H groups in total. The van der Waals surface area contributed by atoms with Crippen LogP contribution in [0.2, 0.25) is 0 Å². The van der Waals surface area contributed by atoms with Gasteiger partial charge in [-0.15, -0.1) is 0 Å². The molecule has 3 heteroatoms. The van der Waals surface area contributed by atoms with Gasteiger partial charge in [-0.05, 0) is 0 Å². The minimum Gasteiger partial charge on any atom is -0.481 e. The molecule has 0 amide bonds. The normalized spacial score (nSPS) is 5.00. The Labute approximate surface area is 43.9 Å². The van der Waals surface area contributed by atoms with E-state index in [1.807, 2.05) is 0 Å². The van der Waals surface area contributed by atoms with Crippen LogP contribution in [-0.2, 0) is 4.79 Å². The van der Waals surface area contributed by atoms with Gasteiger partial charge >= 0.3 is 2.85 Å². The number of aliphatic carboxylic acids is 1. The molecule has 0 saturated carbocycles. The van der Waals surface area contributed by atoms with Crippen molar-refractivity contribution in [2.24, 2.45) is 0 Å². The van der Waals surface area contributed by atoms with E-state index in [1.54, 1.807) is 0 Å². The average Bonchev–Trinajstić information content (AvgIpc) is 0.811. The molecular weight excluding hydrogens is 83.0 g/mol. The summed E-state index contributed by atoms with van der Waals surface area (Å²) in [7, 11) is 0. The third-order valence-corrected chi connectivity index (χ3v) is 0. The van der Waals surface area contributed by atoms with Crippen LogP contribution < -0.4 is 0 Å². The van der Waals surface area contributed by atoms with Gasteiger partial charge in [0.25, 0.3) is 5.97 Å². The molecule has 0 atom stereocenters. The Morgan fingerprint density at radius 2 is 2.00 bits per heavy atom. The predicted molar refractivity (Wildman–Crippen MR) is 25.5 cm³/mol. The summed E-state index contributed by atoms with van der Waals surface area (Å²) < 4.78 is 0. The van der Waals surface area contributed by atoms with Gasteiger partial charge in [0.15, 0.2) is 17.4 Å². The van der Waals surface area contributed by atoms with Gasteiger partial charge in [-0.2, -0.15) is 0 Å². The topological polar surface area (TPSA) is 37.3 Å². The van der Waals surface area contributed by atoms with Crippen LogP contribution in [0.5, 0.6) is 0 Å². The van der Waals surface area contributed by atoms with Crippen LogP contribution in [0, 0.1) is 0 Å². The lowest BCUT2D eigenvalue weighted by Gasteiger charge is -1.59. The highest BCUT2D eigenvalue weighted by molar-refractivity contribution is 5.75. The second-order valence-electron chi connectivity index (χ2n) is 0.519. The number of hydrogen-bond donors (Lipinski definition) is 1. The highest BCUT2D eigenvalue weighted by Crippen LogP contribution is 1.42. The van der Waals surface area contributed by atoms with Crippen molar-refractivity contribution < 1.29 is 12.8 Å².